The van der Waals surface area contributed by atoms with E-state index in [-0.39, 0.29) is 5.56 Å². The maximum Gasteiger partial charge on any atom is 0.266 e. The molecule has 4 nitrogen and oxygen atoms in total. The molecule has 0 saturated heterocycles. The molecule has 0 unspecified atom stereocenters. The summed E-state index contributed by atoms with van der Waals surface area (Å²) in [6.45, 7) is 1.95. The Morgan fingerprint density at radius 1 is 1.47 bits per heavy atom. The molecule has 5 heteroatoms. The van der Waals surface area contributed by atoms with Crippen LogP contribution >= 0.6 is 11.3 Å². The molecule has 3 heterocycles. The van der Waals surface area contributed by atoms with Crippen LogP contribution in [-0.4, -0.2) is 9.38 Å². The molecule has 0 amide bonds. The van der Waals surface area contributed by atoms with E-state index < -0.39 is 0 Å². The summed E-state index contributed by atoms with van der Waals surface area (Å²) in [6.07, 6.45) is 1.52. The van der Waals surface area contributed by atoms with Crippen molar-refractivity contribution < 1.29 is 0 Å². The third kappa shape index (κ3) is 1.42. The van der Waals surface area contributed by atoms with E-state index in [2.05, 4.69) is 4.98 Å². The van der Waals surface area contributed by atoms with E-state index in [9.17, 15) is 4.79 Å². The van der Waals surface area contributed by atoms with Gasteiger partial charge in [0, 0.05) is 11.1 Å². The van der Waals surface area contributed by atoms with Gasteiger partial charge in [-0.25, -0.2) is 4.98 Å². The topological polar surface area (TPSA) is 58.2 Å². The third-order valence-electron chi connectivity index (χ3n) is 2.56. The minimum atomic E-state index is -0.119. The maximum atomic E-state index is 12.2. The molecule has 0 bridgehead atoms. The zero-order valence-corrected chi connectivity index (χ0v) is 9.78. The van der Waals surface area contributed by atoms with E-state index in [0.717, 1.165) is 9.71 Å². The Kier molecular flexibility index (Phi) is 2.00. The Bertz CT molecular complexity index is 838. The van der Waals surface area contributed by atoms with Crippen LogP contribution in [0.1, 0.15) is 10.4 Å². The van der Waals surface area contributed by atoms with Gasteiger partial charge in [-0.05, 0) is 25.1 Å². The minimum absolute atomic E-state index is 0.119. The van der Waals surface area contributed by atoms with Gasteiger partial charge in [-0.2, -0.15) is 5.26 Å². The summed E-state index contributed by atoms with van der Waals surface area (Å²) in [6, 6.07) is 7.20. The predicted molar refractivity (Wildman–Crippen MR) is 66.3 cm³/mol. The number of nitriles is 1. The molecule has 0 N–H and O–H groups in total. The quantitative estimate of drug-likeness (QED) is 0.605. The summed E-state index contributed by atoms with van der Waals surface area (Å²) in [5, 5.41) is 9.43. The number of hydrogen-bond acceptors (Lipinski definition) is 4. The molecule has 3 rings (SSSR count). The van der Waals surface area contributed by atoms with Crippen molar-refractivity contribution in [2.45, 2.75) is 6.92 Å². The monoisotopic (exact) mass is 241 g/mol. The molecule has 0 radical (unpaired) electrons. The number of nitrogens with zero attached hydrogens (tertiary/aromatic N) is 3. The fourth-order valence-electron chi connectivity index (χ4n) is 1.78. The molecule has 82 valence electrons. The summed E-state index contributed by atoms with van der Waals surface area (Å²) >= 11 is 1.50. The van der Waals surface area contributed by atoms with E-state index in [0.29, 0.717) is 16.6 Å². The van der Waals surface area contributed by atoms with Gasteiger partial charge in [0.1, 0.15) is 16.5 Å². The number of aryl methyl sites for hydroxylation is 1. The van der Waals surface area contributed by atoms with E-state index in [4.69, 9.17) is 5.26 Å². The molecular formula is C12H7N3OS. The Morgan fingerprint density at radius 3 is 3.06 bits per heavy atom. The second kappa shape index (κ2) is 3.40. The molecule has 0 atom stereocenters. The first-order valence-corrected chi connectivity index (χ1v) is 5.83. The van der Waals surface area contributed by atoms with E-state index >= 15 is 0 Å². The van der Waals surface area contributed by atoms with Crippen molar-refractivity contribution >= 4 is 27.2 Å². The fourth-order valence-corrected chi connectivity index (χ4v) is 2.66. The summed E-state index contributed by atoms with van der Waals surface area (Å²) < 4.78 is 1.42. The summed E-state index contributed by atoms with van der Waals surface area (Å²) in [7, 11) is 0. The lowest BCUT2D eigenvalue weighted by atomic mass is 10.3. The van der Waals surface area contributed by atoms with Crippen LogP contribution in [-0.2, 0) is 0 Å². The van der Waals surface area contributed by atoms with Gasteiger partial charge in [0.2, 0.25) is 0 Å². The van der Waals surface area contributed by atoms with Crippen LogP contribution in [0.2, 0.25) is 0 Å². The van der Waals surface area contributed by atoms with Gasteiger partial charge in [-0.3, -0.25) is 9.20 Å². The van der Waals surface area contributed by atoms with Gasteiger partial charge >= 0.3 is 0 Å². The second-order valence-electron chi connectivity index (χ2n) is 3.75. The van der Waals surface area contributed by atoms with Crippen LogP contribution in [0.5, 0.6) is 0 Å². The molecule has 0 fully saturated rings. The molecular weight excluding hydrogens is 234 g/mol. The first-order valence-electron chi connectivity index (χ1n) is 5.02. The molecule has 3 aromatic rings. The highest BCUT2D eigenvalue weighted by atomic mass is 32.1. The summed E-state index contributed by atoms with van der Waals surface area (Å²) in [5.74, 6) is 0. The standard InChI is InChI=1S/C12H7N3OS/c1-7-4-9-11(17-7)14-10-3-2-8(5-13)6-15(10)12(9)16/h2-4,6H,1H3. The third-order valence-corrected chi connectivity index (χ3v) is 3.50. The van der Waals surface area contributed by atoms with E-state index in [1.54, 1.807) is 12.1 Å². The molecule has 0 saturated carbocycles. The van der Waals surface area contributed by atoms with Gasteiger partial charge in [-0.1, -0.05) is 0 Å². The van der Waals surface area contributed by atoms with Gasteiger partial charge in [-0.15, -0.1) is 11.3 Å². The van der Waals surface area contributed by atoms with Crippen molar-refractivity contribution in [1.29, 1.82) is 5.26 Å². The highest BCUT2D eigenvalue weighted by Gasteiger charge is 2.08. The Labute approximate surface area is 100 Å². The lowest BCUT2D eigenvalue weighted by Gasteiger charge is -1.99. The molecule has 0 aliphatic carbocycles. The van der Waals surface area contributed by atoms with Crippen molar-refractivity contribution in [2.24, 2.45) is 0 Å². The summed E-state index contributed by atoms with van der Waals surface area (Å²) in [4.78, 5) is 18.4. The number of rotatable bonds is 0. The second-order valence-corrected chi connectivity index (χ2v) is 4.99. The lowest BCUT2D eigenvalue weighted by molar-refractivity contribution is 1.08. The number of hydrogen-bond donors (Lipinski definition) is 0. The van der Waals surface area contributed by atoms with Crippen molar-refractivity contribution in [3.8, 4) is 6.07 Å². The van der Waals surface area contributed by atoms with Crippen LogP contribution in [0, 0.1) is 18.3 Å². The van der Waals surface area contributed by atoms with Gasteiger partial charge < -0.3 is 0 Å². The highest BCUT2D eigenvalue weighted by molar-refractivity contribution is 7.18. The van der Waals surface area contributed by atoms with Crippen molar-refractivity contribution in [2.75, 3.05) is 0 Å². The largest absolute Gasteiger partial charge is 0.268 e. The number of pyridine rings is 1. The van der Waals surface area contributed by atoms with Gasteiger partial charge in [0.05, 0.1) is 10.9 Å². The smallest absolute Gasteiger partial charge is 0.266 e. The van der Waals surface area contributed by atoms with Crippen molar-refractivity contribution in [3.63, 3.8) is 0 Å². The number of thiophene rings is 1. The normalized spacial score (nSPS) is 10.8. The number of fused-ring (bicyclic) bond motifs is 2. The molecule has 3 aromatic heterocycles. The number of aromatic nitrogens is 2. The van der Waals surface area contributed by atoms with Crippen LogP contribution in [0.25, 0.3) is 15.9 Å². The Balaban J connectivity index is 2.55. The maximum absolute atomic E-state index is 12.2. The zero-order valence-electron chi connectivity index (χ0n) is 8.97. The Hall–Kier alpha value is -2.19. The average Bonchev–Trinajstić information content (AvgIpc) is 2.70. The predicted octanol–water partition coefficient (Wildman–Crippen LogP) is 2.09. The van der Waals surface area contributed by atoms with Crippen LogP contribution < -0.4 is 5.56 Å². The van der Waals surface area contributed by atoms with Crippen LogP contribution in [0.3, 0.4) is 0 Å². The van der Waals surface area contributed by atoms with Crippen LogP contribution in [0.15, 0.2) is 29.2 Å². The summed E-state index contributed by atoms with van der Waals surface area (Å²) in [5.41, 5.74) is 0.905. The minimum Gasteiger partial charge on any atom is -0.268 e. The SMILES string of the molecule is Cc1cc2c(=O)n3cc(C#N)ccc3nc2s1. The van der Waals surface area contributed by atoms with Crippen molar-refractivity contribution in [3.05, 3.63) is 45.2 Å². The van der Waals surface area contributed by atoms with E-state index in [1.165, 1.54) is 21.9 Å². The molecule has 0 spiro atoms. The van der Waals surface area contributed by atoms with Gasteiger partial charge in [0.25, 0.3) is 5.56 Å². The zero-order chi connectivity index (χ0) is 12.0. The fraction of sp³-hybridized carbons (Fsp3) is 0.0833. The lowest BCUT2D eigenvalue weighted by Crippen LogP contribution is -2.14. The molecule has 0 aliphatic heterocycles. The Morgan fingerprint density at radius 2 is 2.29 bits per heavy atom. The highest BCUT2D eigenvalue weighted by Crippen LogP contribution is 2.20. The molecule has 17 heavy (non-hydrogen) atoms. The van der Waals surface area contributed by atoms with Crippen molar-refractivity contribution in [1.82, 2.24) is 9.38 Å². The van der Waals surface area contributed by atoms with Crippen LogP contribution in [0.4, 0.5) is 0 Å². The first kappa shape index (κ1) is 10.00. The molecule has 0 aliphatic rings. The molecule has 0 aromatic carbocycles. The first-order chi connectivity index (χ1) is 8.19. The van der Waals surface area contributed by atoms with Gasteiger partial charge in [0.15, 0.2) is 0 Å². The average molecular weight is 241 g/mol. The van der Waals surface area contributed by atoms with E-state index in [1.807, 2.05) is 19.1 Å².